The number of rotatable bonds is 3. The van der Waals surface area contributed by atoms with Crippen LogP contribution in [-0.4, -0.2) is 18.7 Å². The first-order chi connectivity index (χ1) is 7.04. The van der Waals surface area contributed by atoms with E-state index in [4.69, 9.17) is 0 Å². The van der Waals surface area contributed by atoms with E-state index >= 15 is 0 Å². The van der Waals surface area contributed by atoms with Crippen LogP contribution >= 0.6 is 15.9 Å². The topological polar surface area (TPSA) is 46.2 Å². The Kier molecular flexibility index (Phi) is 4.51. The zero-order valence-corrected chi connectivity index (χ0v) is 10.7. The van der Waals surface area contributed by atoms with Crippen molar-refractivity contribution in [3.63, 3.8) is 0 Å². The van der Waals surface area contributed by atoms with Gasteiger partial charge in [0.1, 0.15) is 0 Å². The molecule has 0 aromatic carbocycles. The molecule has 0 spiro atoms. The molecule has 1 aliphatic carbocycles. The van der Waals surface area contributed by atoms with E-state index < -0.39 is 0 Å². The Bertz CT molecular complexity index is 310. The van der Waals surface area contributed by atoms with Crippen molar-refractivity contribution in [2.24, 2.45) is 5.92 Å². The fourth-order valence-corrected chi connectivity index (χ4v) is 2.30. The Balaban J connectivity index is 2.69. The smallest absolute Gasteiger partial charge is 0.227 e. The number of carbonyl (C=O) groups excluding carboxylic acids is 2. The van der Waals surface area contributed by atoms with Crippen LogP contribution in [0.25, 0.3) is 0 Å². The van der Waals surface area contributed by atoms with E-state index in [9.17, 15) is 9.59 Å². The van der Waals surface area contributed by atoms with E-state index in [1.807, 2.05) is 0 Å². The first kappa shape index (κ1) is 12.4. The Morgan fingerprint density at radius 3 is 2.80 bits per heavy atom. The van der Waals surface area contributed by atoms with Gasteiger partial charge in [-0.05, 0) is 25.2 Å². The average Bonchev–Trinajstić information content (AvgIpc) is 2.21. The minimum absolute atomic E-state index is 0.0341. The molecule has 1 atom stereocenters. The molecule has 0 aromatic heterocycles. The summed E-state index contributed by atoms with van der Waals surface area (Å²) in [6.07, 6.45) is 2.78. The fraction of sp³-hybridized carbons (Fsp3) is 0.636. The third kappa shape index (κ3) is 3.45. The van der Waals surface area contributed by atoms with E-state index in [-0.39, 0.29) is 18.1 Å². The second kappa shape index (κ2) is 5.45. The summed E-state index contributed by atoms with van der Waals surface area (Å²) >= 11 is 3.42. The lowest BCUT2D eigenvalue weighted by atomic mass is 9.87. The average molecular weight is 274 g/mol. The van der Waals surface area contributed by atoms with E-state index in [0.29, 0.717) is 5.92 Å². The summed E-state index contributed by atoms with van der Waals surface area (Å²) < 4.78 is 0.981. The third-order valence-corrected chi connectivity index (χ3v) is 3.55. The summed E-state index contributed by atoms with van der Waals surface area (Å²) in [7, 11) is 1.54. The van der Waals surface area contributed by atoms with Crippen molar-refractivity contribution in [1.29, 1.82) is 0 Å². The van der Waals surface area contributed by atoms with Crippen molar-refractivity contribution in [2.45, 2.75) is 32.6 Å². The maximum Gasteiger partial charge on any atom is 0.227 e. The molecule has 0 saturated carbocycles. The first-order valence-electron chi connectivity index (χ1n) is 5.16. The number of hydrogen-bond acceptors (Lipinski definition) is 2. The molecule has 0 bridgehead atoms. The van der Waals surface area contributed by atoms with Gasteiger partial charge in [0.25, 0.3) is 0 Å². The number of allylic oxidation sites excluding steroid dienone is 2. The van der Waals surface area contributed by atoms with Crippen LogP contribution in [0.1, 0.15) is 32.6 Å². The van der Waals surface area contributed by atoms with E-state index in [1.165, 1.54) is 0 Å². The number of ketones is 1. The summed E-state index contributed by atoms with van der Waals surface area (Å²) in [4.78, 5) is 22.9. The maximum atomic E-state index is 11.8. The van der Waals surface area contributed by atoms with Crippen LogP contribution in [0.15, 0.2) is 10.1 Å². The SMILES string of the molecule is CNC(=O)CC(=O)C1=C(Br)CCC(C)C1. The van der Waals surface area contributed by atoms with E-state index in [1.54, 1.807) is 7.05 Å². The summed E-state index contributed by atoms with van der Waals surface area (Å²) in [5, 5.41) is 2.46. The summed E-state index contributed by atoms with van der Waals surface area (Å²) in [5.41, 5.74) is 0.803. The second-order valence-corrected chi connectivity index (χ2v) is 4.96. The van der Waals surface area contributed by atoms with Gasteiger partial charge in [0, 0.05) is 17.1 Å². The normalized spacial score (nSPS) is 21.4. The monoisotopic (exact) mass is 273 g/mol. The summed E-state index contributed by atoms with van der Waals surface area (Å²) in [6.45, 7) is 2.13. The lowest BCUT2D eigenvalue weighted by molar-refractivity contribution is -0.126. The van der Waals surface area contributed by atoms with Crippen molar-refractivity contribution in [3.8, 4) is 0 Å². The highest BCUT2D eigenvalue weighted by atomic mass is 79.9. The molecule has 3 nitrogen and oxygen atoms in total. The molecule has 84 valence electrons. The Morgan fingerprint density at radius 1 is 1.53 bits per heavy atom. The van der Waals surface area contributed by atoms with Gasteiger partial charge in [-0.1, -0.05) is 22.9 Å². The number of amides is 1. The molecule has 1 amide bonds. The van der Waals surface area contributed by atoms with Crippen LogP contribution in [-0.2, 0) is 9.59 Å². The minimum atomic E-state index is -0.217. The van der Waals surface area contributed by atoms with Crippen molar-refractivity contribution < 1.29 is 9.59 Å². The van der Waals surface area contributed by atoms with Crippen LogP contribution in [0.4, 0.5) is 0 Å². The summed E-state index contributed by atoms with van der Waals surface area (Å²) in [6, 6.07) is 0. The predicted octanol–water partition coefficient (Wildman–Crippen LogP) is 2.16. The number of hydrogen-bond donors (Lipinski definition) is 1. The van der Waals surface area contributed by atoms with Crippen LogP contribution in [0, 0.1) is 5.92 Å². The lowest BCUT2D eigenvalue weighted by Crippen LogP contribution is -2.23. The second-order valence-electron chi connectivity index (χ2n) is 4.00. The largest absolute Gasteiger partial charge is 0.359 e. The zero-order chi connectivity index (χ0) is 11.4. The highest BCUT2D eigenvalue weighted by Gasteiger charge is 2.22. The Hall–Kier alpha value is -0.640. The predicted molar refractivity (Wildman–Crippen MR) is 62.7 cm³/mol. The molecule has 1 aliphatic rings. The number of halogens is 1. The molecule has 0 radical (unpaired) electrons. The quantitative estimate of drug-likeness (QED) is 0.802. The molecule has 0 saturated heterocycles. The van der Waals surface area contributed by atoms with Crippen molar-refractivity contribution in [3.05, 3.63) is 10.1 Å². The molecule has 0 fully saturated rings. The highest BCUT2D eigenvalue weighted by molar-refractivity contribution is 9.11. The van der Waals surface area contributed by atoms with E-state index in [0.717, 1.165) is 29.3 Å². The molecule has 0 aromatic rings. The van der Waals surface area contributed by atoms with Crippen LogP contribution < -0.4 is 5.32 Å². The maximum absolute atomic E-state index is 11.8. The van der Waals surface area contributed by atoms with Crippen molar-refractivity contribution >= 4 is 27.6 Å². The molecule has 4 heteroatoms. The van der Waals surface area contributed by atoms with Gasteiger partial charge >= 0.3 is 0 Å². The molecular formula is C11H16BrNO2. The summed E-state index contributed by atoms with van der Waals surface area (Å²) in [5.74, 6) is 0.272. The van der Waals surface area contributed by atoms with Crippen molar-refractivity contribution in [2.75, 3.05) is 7.05 Å². The molecule has 1 unspecified atom stereocenters. The van der Waals surface area contributed by atoms with Gasteiger partial charge in [0.05, 0.1) is 6.42 Å². The molecular weight excluding hydrogens is 258 g/mol. The minimum Gasteiger partial charge on any atom is -0.359 e. The molecule has 0 aliphatic heterocycles. The van der Waals surface area contributed by atoms with Gasteiger partial charge in [-0.15, -0.1) is 0 Å². The van der Waals surface area contributed by atoms with Crippen LogP contribution in [0.2, 0.25) is 0 Å². The van der Waals surface area contributed by atoms with Crippen molar-refractivity contribution in [1.82, 2.24) is 5.32 Å². The standard InChI is InChI=1S/C11H16BrNO2/c1-7-3-4-9(12)8(5-7)10(14)6-11(15)13-2/h7H,3-6H2,1-2H3,(H,13,15). The molecule has 1 N–H and O–H groups in total. The Labute approximate surface area is 98.4 Å². The van der Waals surface area contributed by atoms with Gasteiger partial charge in [-0.25, -0.2) is 0 Å². The number of Topliss-reactive ketones (excluding diaryl/α,β-unsaturated/α-hetero) is 1. The van der Waals surface area contributed by atoms with Gasteiger partial charge < -0.3 is 5.32 Å². The first-order valence-corrected chi connectivity index (χ1v) is 5.95. The highest BCUT2D eigenvalue weighted by Crippen LogP contribution is 2.33. The van der Waals surface area contributed by atoms with E-state index in [2.05, 4.69) is 28.2 Å². The number of nitrogens with one attached hydrogen (secondary N) is 1. The van der Waals surface area contributed by atoms with Gasteiger partial charge in [0.2, 0.25) is 5.91 Å². The van der Waals surface area contributed by atoms with Gasteiger partial charge in [-0.2, -0.15) is 0 Å². The van der Waals surface area contributed by atoms with Gasteiger partial charge in [-0.3, -0.25) is 9.59 Å². The lowest BCUT2D eigenvalue weighted by Gasteiger charge is -2.20. The fourth-order valence-electron chi connectivity index (χ4n) is 1.69. The third-order valence-electron chi connectivity index (χ3n) is 2.67. The van der Waals surface area contributed by atoms with Crippen LogP contribution in [0.5, 0.6) is 0 Å². The molecule has 1 rings (SSSR count). The Morgan fingerprint density at radius 2 is 2.20 bits per heavy atom. The molecule has 15 heavy (non-hydrogen) atoms. The van der Waals surface area contributed by atoms with Gasteiger partial charge in [0.15, 0.2) is 5.78 Å². The zero-order valence-electron chi connectivity index (χ0n) is 9.10. The number of carbonyl (C=O) groups is 2. The molecule has 0 heterocycles. The van der Waals surface area contributed by atoms with Crippen LogP contribution in [0.3, 0.4) is 0 Å².